The molecule has 4 rings (SSSR count). The molecule has 1 aromatic heterocycles. The largest absolute Gasteiger partial charge is 0.298 e. The maximum atomic E-state index is 4.68. The van der Waals surface area contributed by atoms with Gasteiger partial charge in [0, 0.05) is 30.3 Å². The van der Waals surface area contributed by atoms with Gasteiger partial charge in [-0.05, 0) is 24.6 Å². The zero-order valence-electron chi connectivity index (χ0n) is 11.9. The Balaban J connectivity index is 0.00000132. The van der Waals surface area contributed by atoms with Crippen molar-refractivity contribution in [2.45, 2.75) is 11.8 Å². The minimum Gasteiger partial charge on any atom is -0.298 e. The van der Waals surface area contributed by atoms with Crippen LogP contribution in [0.1, 0.15) is 12.0 Å². The average Bonchev–Trinajstić information content (AvgIpc) is 2.84. The van der Waals surface area contributed by atoms with Crippen LogP contribution in [0.4, 0.5) is 0 Å². The molecule has 2 atom stereocenters. The summed E-state index contributed by atoms with van der Waals surface area (Å²) in [5.41, 5.74) is 3.81. The molecule has 21 heavy (non-hydrogen) atoms. The summed E-state index contributed by atoms with van der Waals surface area (Å²) in [6, 6.07) is 14.8. The van der Waals surface area contributed by atoms with Crippen LogP contribution in [0.5, 0.6) is 0 Å². The Kier molecular flexibility index (Phi) is 3.96. The van der Waals surface area contributed by atoms with Gasteiger partial charge < -0.3 is 0 Å². The monoisotopic (exact) mass is 342 g/mol. The van der Waals surface area contributed by atoms with Crippen LogP contribution in [-0.2, 0) is 5.41 Å². The van der Waals surface area contributed by atoms with Gasteiger partial charge in [0.25, 0.3) is 0 Å². The second kappa shape index (κ2) is 5.74. The third-order valence-corrected chi connectivity index (χ3v) is 4.59. The maximum absolute atomic E-state index is 4.68. The fraction of sp³-hybridized carbons (Fsp3) is 0.278. The second-order valence-electron chi connectivity index (χ2n) is 5.84. The molecule has 2 nitrogen and oxygen atoms in total. The molecule has 0 spiro atoms. The van der Waals surface area contributed by atoms with E-state index in [0.29, 0.717) is 0 Å². The van der Waals surface area contributed by atoms with Crippen molar-refractivity contribution in [2.75, 3.05) is 19.6 Å². The molecule has 2 bridgehead atoms. The van der Waals surface area contributed by atoms with Gasteiger partial charge in [0.05, 0.1) is 5.69 Å². The molecule has 2 unspecified atom stereocenters. The molecule has 3 heterocycles. The van der Waals surface area contributed by atoms with E-state index in [1.165, 1.54) is 24.1 Å². The summed E-state index contributed by atoms with van der Waals surface area (Å²) in [4.78, 5) is 7.20. The third-order valence-electron chi connectivity index (χ3n) is 4.59. The molecular weight excluding hydrogens is 324 g/mol. The van der Waals surface area contributed by atoms with E-state index in [9.17, 15) is 0 Å². The van der Waals surface area contributed by atoms with Gasteiger partial charge in [-0.15, -0.1) is 17.0 Å². The highest BCUT2D eigenvalue weighted by atomic mass is 79.9. The van der Waals surface area contributed by atoms with E-state index < -0.39 is 0 Å². The number of benzene rings is 1. The van der Waals surface area contributed by atoms with E-state index in [1.807, 2.05) is 6.07 Å². The smallest absolute Gasteiger partial charge is 0.0702 e. The van der Waals surface area contributed by atoms with Crippen LogP contribution in [0.15, 0.2) is 60.8 Å². The summed E-state index contributed by atoms with van der Waals surface area (Å²) in [5, 5.41) is 0. The maximum Gasteiger partial charge on any atom is 0.0702 e. The van der Waals surface area contributed by atoms with E-state index in [4.69, 9.17) is 0 Å². The first-order chi connectivity index (χ1) is 9.86. The molecule has 2 aliphatic heterocycles. The Morgan fingerprint density at radius 3 is 2.67 bits per heavy atom. The summed E-state index contributed by atoms with van der Waals surface area (Å²) in [6.07, 6.45) is 7.99. The molecule has 0 radical (unpaired) electrons. The number of rotatable bonds is 2. The number of nitrogens with zero attached hydrogens (tertiary/aromatic N) is 2. The van der Waals surface area contributed by atoms with Gasteiger partial charge in [-0.3, -0.25) is 9.88 Å². The topological polar surface area (TPSA) is 16.1 Å². The molecular formula is C18H19BrN2. The first-order valence-corrected chi connectivity index (χ1v) is 7.28. The SMILES string of the molecule is Br.C1=CC2(c3ccc(-c4ccccc4)nc3)CCN(C1)C2. The zero-order valence-corrected chi connectivity index (χ0v) is 13.6. The summed E-state index contributed by atoms with van der Waals surface area (Å²) < 4.78 is 0. The second-order valence-corrected chi connectivity index (χ2v) is 5.84. The highest BCUT2D eigenvalue weighted by molar-refractivity contribution is 8.93. The lowest BCUT2D eigenvalue weighted by atomic mass is 9.79. The van der Waals surface area contributed by atoms with Gasteiger partial charge in [0.2, 0.25) is 0 Å². The van der Waals surface area contributed by atoms with E-state index in [-0.39, 0.29) is 22.4 Å². The van der Waals surface area contributed by atoms with Crippen molar-refractivity contribution in [3.05, 3.63) is 66.4 Å². The quantitative estimate of drug-likeness (QED) is 0.771. The van der Waals surface area contributed by atoms with Gasteiger partial charge in [-0.25, -0.2) is 0 Å². The van der Waals surface area contributed by atoms with Crippen LogP contribution in [-0.4, -0.2) is 29.5 Å². The predicted molar refractivity (Wildman–Crippen MR) is 91.9 cm³/mol. The number of hydrogen-bond acceptors (Lipinski definition) is 2. The molecule has 2 aromatic rings. The van der Waals surface area contributed by atoms with Crippen molar-refractivity contribution < 1.29 is 0 Å². The van der Waals surface area contributed by atoms with Crippen molar-refractivity contribution in [3.8, 4) is 11.3 Å². The molecule has 1 saturated heterocycles. The first-order valence-electron chi connectivity index (χ1n) is 7.28. The molecule has 0 amide bonds. The molecule has 0 aliphatic carbocycles. The average molecular weight is 343 g/mol. The van der Waals surface area contributed by atoms with Crippen molar-refractivity contribution in [3.63, 3.8) is 0 Å². The van der Waals surface area contributed by atoms with Gasteiger partial charge in [0.15, 0.2) is 0 Å². The van der Waals surface area contributed by atoms with Crippen molar-refractivity contribution >= 4 is 17.0 Å². The number of hydrogen-bond donors (Lipinski definition) is 0. The van der Waals surface area contributed by atoms with Crippen LogP contribution in [0.3, 0.4) is 0 Å². The van der Waals surface area contributed by atoms with Crippen molar-refractivity contribution in [1.29, 1.82) is 0 Å². The predicted octanol–water partition coefficient (Wildman–Crippen LogP) is 3.84. The summed E-state index contributed by atoms with van der Waals surface area (Å²) >= 11 is 0. The Hall–Kier alpha value is -1.45. The van der Waals surface area contributed by atoms with Crippen LogP contribution >= 0.6 is 17.0 Å². The van der Waals surface area contributed by atoms with Gasteiger partial charge in [0.1, 0.15) is 0 Å². The Bertz CT molecular complexity index is 636. The normalized spacial score (nSPS) is 26.4. The van der Waals surface area contributed by atoms with Crippen LogP contribution < -0.4 is 0 Å². The van der Waals surface area contributed by atoms with E-state index in [2.05, 4.69) is 64.6 Å². The molecule has 1 aromatic carbocycles. The third kappa shape index (κ3) is 2.56. The number of aromatic nitrogens is 1. The lowest BCUT2D eigenvalue weighted by molar-refractivity contribution is 0.345. The fourth-order valence-electron chi connectivity index (χ4n) is 3.43. The van der Waals surface area contributed by atoms with Crippen LogP contribution in [0, 0.1) is 0 Å². The van der Waals surface area contributed by atoms with Crippen molar-refractivity contribution in [1.82, 2.24) is 9.88 Å². The minimum absolute atomic E-state index is 0. The standard InChI is InChI=1S/C18H18N2.BrH/c1-2-5-15(6-3-1)17-8-7-16(13-19-17)18-9-4-11-20(14-18)12-10-18;/h1-9,13H,10-12,14H2;1H. The Morgan fingerprint density at radius 2 is 1.90 bits per heavy atom. The molecule has 0 N–H and O–H groups in total. The minimum atomic E-state index is 0. The van der Waals surface area contributed by atoms with Crippen LogP contribution in [0.2, 0.25) is 0 Å². The number of fused-ring (bicyclic) bond motifs is 2. The molecule has 0 saturated carbocycles. The summed E-state index contributed by atoms with van der Waals surface area (Å²) in [6.45, 7) is 3.46. The van der Waals surface area contributed by atoms with E-state index in [1.54, 1.807) is 0 Å². The Labute approximate surface area is 136 Å². The van der Waals surface area contributed by atoms with Crippen molar-refractivity contribution in [2.24, 2.45) is 0 Å². The van der Waals surface area contributed by atoms with Gasteiger partial charge in [-0.2, -0.15) is 0 Å². The molecule has 2 aliphatic rings. The van der Waals surface area contributed by atoms with Gasteiger partial charge >= 0.3 is 0 Å². The lowest BCUT2D eigenvalue weighted by Gasteiger charge is -2.29. The van der Waals surface area contributed by atoms with E-state index >= 15 is 0 Å². The number of halogens is 1. The molecule has 3 heteroatoms. The van der Waals surface area contributed by atoms with Gasteiger partial charge in [-0.1, -0.05) is 48.6 Å². The lowest BCUT2D eigenvalue weighted by Crippen LogP contribution is -2.33. The van der Waals surface area contributed by atoms with Crippen LogP contribution in [0.25, 0.3) is 11.3 Å². The summed E-state index contributed by atoms with van der Waals surface area (Å²) in [7, 11) is 0. The fourth-order valence-corrected chi connectivity index (χ4v) is 3.43. The summed E-state index contributed by atoms with van der Waals surface area (Å²) in [5.74, 6) is 0. The highest BCUT2D eigenvalue weighted by Gasteiger charge is 2.39. The van der Waals surface area contributed by atoms with E-state index in [0.717, 1.165) is 18.8 Å². The zero-order chi connectivity index (χ0) is 13.4. The Morgan fingerprint density at radius 1 is 1.05 bits per heavy atom. The highest BCUT2D eigenvalue weighted by Crippen LogP contribution is 2.38. The first kappa shape index (κ1) is 14.5. The number of pyridine rings is 1. The molecule has 108 valence electrons. The molecule has 1 fully saturated rings.